The second kappa shape index (κ2) is 6.20. The van der Waals surface area contributed by atoms with Gasteiger partial charge in [-0.05, 0) is 51.9 Å². The molecule has 82 valence electrons. The number of likely N-dealkylation sites (tertiary alicyclic amines) is 1. The minimum Gasteiger partial charge on any atom is -0.311 e. The van der Waals surface area contributed by atoms with Crippen LogP contribution in [0.2, 0.25) is 0 Å². The van der Waals surface area contributed by atoms with Crippen LogP contribution in [-0.2, 0) is 0 Å². The Morgan fingerprint density at radius 1 is 1.50 bits per heavy atom. The molecule has 1 aliphatic heterocycles. The van der Waals surface area contributed by atoms with Gasteiger partial charge >= 0.3 is 0 Å². The van der Waals surface area contributed by atoms with Gasteiger partial charge in [0.05, 0.1) is 0 Å². The lowest BCUT2D eigenvalue weighted by atomic mass is 9.96. The zero-order valence-electron chi connectivity index (χ0n) is 9.63. The van der Waals surface area contributed by atoms with Crippen LogP contribution in [0.5, 0.6) is 0 Å². The average molecular weight is 196 g/mol. The lowest BCUT2D eigenvalue weighted by molar-refractivity contribution is 0.189. The Morgan fingerprint density at radius 2 is 2.14 bits per heavy atom. The standard InChI is InChI=1S/C12H24N2/c1-4-11(3)13-10-12-6-8-14(5-2)9-7-12/h4,11-13H,1,5-10H2,2-3H3. The van der Waals surface area contributed by atoms with Gasteiger partial charge in [-0.15, -0.1) is 6.58 Å². The Labute approximate surface area is 88.4 Å². The maximum atomic E-state index is 3.78. The maximum absolute atomic E-state index is 3.78. The van der Waals surface area contributed by atoms with Gasteiger partial charge in [0.15, 0.2) is 0 Å². The minimum absolute atomic E-state index is 0.458. The van der Waals surface area contributed by atoms with E-state index in [4.69, 9.17) is 0 Å². The van der Waals surface area contributed by atoms with Crippen LogP contribution in [0.15, 0.2) is 12.7 Å². The summed E-state index contributed by atoms with van der Waals surface area (Å²) in [5, 5.41) is 3.50. The molecule has 0 aromatic carbocycles. The fourth-order valence-corrected chi connectivity index (χ4v) is 1.94. The van der Waals surface area contributed by atoms with Gasteiger partial charge in [0.1, 0.15) is 0 Å². The molecule has 0 aromatic heterocycles. The maximum Gasteiger partial charge on any atom is 0.0219 e. The van der Waals surface area contributed by atoms with Gasteiger partial charge in [-0.3, -0.25) is 0 Å². The molecule has 2 nitrogen and oxygen atoms in total. The summed E-state index contributed by atoms with van der Waals surface area (Å²) >= 11 is 0. The van der Waals surface area contributed by atoms with E-state index in [0.717, 1.165) is 12.5 Å². The molecule has 2 heteroatoms. The molecule has 1 atom stereocenters. The zero-order valence-corrected chi connectivity index (χ0v) is 9.63. The fourth-order valence-electron chi connectivity index (χ4n) is 1.94. The minimum atomic E-state index is 0.458. The highest BCUT2D eigenvalue weighted by Gasteiger charge is 2.17. The summed E-state index contributed by atoms with van der Waals surface area (Å²) in [4.78, 5) is 2.54. The topological polar surface area (TPSA) is 15.3 Å². The van der Waals surface area contributed by atoms with Crippen molar-refractivity contribution in [3.8, 4) is 0 Å². The van der Waals surface area contributed by atoms with Crippen LogP contribution >= 0.6 is 0 Å². The molecule has 0 radical (unpaired) electrons. The van der Waals surface area contributed by atoms with Gasteiger partial charge < -0.3 is 10.2 Å². The van der Waals surface area contributed by atoms with Crippen molar-refractivity contribution in [2.45, 2.75) is 32.7 Å². The van der Waals surface area contributed by atoms with Crippen molar-refractivity contribution in [2.24, 2.45) is 5.92 Å². The third-order valence-corrected chi connectivity index (χ3v) is 3.24. The summed E-state index contributed by atoms with van der Waals surface area (Å²) in [5.41, 5.74) is 0. The first-order valence-corrected chi connectivity index (χ1v) is 5.84. The van der Waals surface area contributed by atoms with E-state index in [-0.39, 0.29) is 0 Å². The first-order chi connectivity index (χ1) is 6.76. The van der Waals surface area contributed by atoms with Gasteiger partial charge in [-0.25, -0.2) is 0 Å². The third-order valence-electron chi connectivity index (χ3n) is 3.24. The molecule has 0 bridgehead atoms. The summed E-state index contributed by atoms with van der Waals surface area (Å²) in [5.74, 6) is 0.875. The number of hydrogen-bond donors (Lipinski definition) is 1. The first-order valence-electron chi connectivity index (χ1n) is 5.84. The molecule has 1 fully saturated rings. The average Bonchev–Trinajstić information content (AvgIpc) is 2.26. The number of nitrogens with zero attached hydrogens (tertiary/aromatic N) is 1. The Hall–Kier alpha value is -0.340. The molecule has 14 heavy (non-hydrogen) atoms. The third kappa shape index (κ3) is 3.81. The number of hydrogen-bond acceptors (Lipinski definition) is 2. The molecule has 1 saturated heterocycles. The normalized spacial score (nSPS) is 22.1. The van der Waals surface area contributed by atoms with E-state index in [9.17, 15) is 0 Å². The molecular weight excluding hydrogens is 172 g/mol. The van der Waals surface area contributed by atoms with Crippen molar-refractivity contribution < 1.29 is 0 Å². The van der Waals surface area contributed by atoms with Crippen molar-refractivity contribution in [3.63, 3.8) is 0 Å². The SMILES string of the molecule is C=CC(C)NCC1CCN(CC)CC1. The summed E-state index contributed by atoms with van der Waals surface area (Å²) < 4.78 is 0. The predicted octanol–water partition coefficient (Wildman–Crippen LogP) is 1.88. The molecule has 1 heterocycles. The molecule has 1 aliphatic rings. The van der Waals surface area contributed by atoms with E-state index < -0.39 is 0 Å². The molecule has 1 N–H and O–H groups in total. The van der Waals surface area contributed by atoms with E-state index in [0.29, 0.717) is 6.04 Å². The second-order valence-electron chi connectivity index (χ2n) is 4.31. The monoisotopic (exact) mass is 196 g/mol. The summed E-state index contributed by atoms with van der Waals surface area (Å²) in [6, 6.07) is 0.458. The molecule has 1 rings (SSSR count). The zero-order chi connectivity index (χ0) is 10.4. The Kier molecular flexibility index (Phi) is 5.20. The quantitative estimate of drug-likeness (QED) is 0.675. The lowest BCUT2D eigenvalue weighted by Gasteiger charge is -2.31. The molecule has 0 spiro atoms. The lowest BCUT2D eigenvalue weighted by Crippen LogP contribution is -2.38. The highest BCUT2D eigenvalue weighted by atomic mass is 15.1. The van der Waals surface area contributed by atoms with E-state index in [1.807, 2.05) is 6.08 Å². The van der Waals surface area contributed by atoms with Crippen molar-refractivity contribution >= 4 is 0 Å². The van der Waals surface area contributed by atoms with Gasteiger partial charge in [0.25, 0.3) is 0 Å². The van der Waals surface area contributed by atoms with Crippen LogP contribution < -0.4 is 5.32 Å². The first kappa shape index (κ1) is 11.7. The number of rotatable bonds is 5. The van der Waals surface area contributed by atoms with E-state index >= 15 is 0 Å². The fraction of sp³-hybridized carbons (Fsp3) is 0.833. The van der Waals surface area contributed by atoms with Crippen LogP contribution in [0, 0.1) is 5.92 Å². The molecule has 0 amide bonds. The number of piperidine rings is 1. The van der Waals surface area contributed by atoms with Crippen molar-refractivity contribution in [3.05, 3.63) is 12.7 Å². The van der Waals surface area contributed by atoms with Crippen molar-refractivity contribution in [2.75, 3.05) is 26.2 Å². The molecule has 0 aliphatic carbocycles. The van der Waals surface area contributed by atoms with Gasteiger partial charge in [0, 0.05) is 6.04 Å². The summed E-state index contributed by atoms with van der Waals surface area (Å²) in [6.07, 6.45) is 4.68. The molecule has 0 saturated carbocycles. The largest absolute Gasteiger partial charge is 0.311 e. The highest BCUT2D eigenvalue weighted by molar-refractivity contribution is 4.83. The molecular formula is C12H24N2. The Balaban J connectivity index is 2.12. The van der Waals surface area contributed by atoms with Crippen LogP contribution in [0.4, 0.5) is 0 Å². The van der Waals surface area contributed by atoms with Crippen LogP contribution in [0.1, 0.15) is 26.7 Å². The van der Waals surface area contributed by atoms with E-state index in [1.54, 1.807) is 0 Å². The van der Waals surface area contributed by atoms with Gasteiger partial charge in [-0.1, -0.05) is 13.0 Å². The van der Waals surface area contributed by atoms with Gasteiger partial charge in [-0.2, -0.15) is 0 Å². The summed E-state index contributed by atoms with van der Waals surface area (Å²) in [6.45, 7) is 13.1. The van der Waals surface area contributed by atoms with Crippen molar-refractivity contribution in [1.29, 1.82) is 0 Å². The molecule has 1 unspecified atom stereocenters. The van der Waals surface area contributed by atoms with Crippen LogP contribution in [-0.4, -0.2) is 37.1 Å². The Morgan fingerprint density at radius 3 is 2.64 bits per heavy atom. The van der Waals surface area contributed by atoms with Crippen molar-refractivity contribution in [1.82, 2.24) is 10.2 Å². The van der Waals surface area contributed by atoms with Crippen LogP contribution in [0.3, 0.4) is 0 Å². The number of nitrogens with one attached hydrogen (secondary N) is 1. The van der Waals surface area contributed by atoms with E-state index in [2.05, 4.69) is 30.6 Å². The van der Waals surface area contributed by atoms with E-state index in [1.165, 1.54) is 32.5 Å². The smallest absolute Gasteiger partial charge is 0.0219 e. The Bertz CT molecular complexity index is 160. The highest BCUT2D eigenvalue weighted by Crippen LogP contribution is 2.15. The second-order valence-corrected chi connectivity index (χ2v) is 4.31. The van der Waals surface area contributed by atoms with Gasteiger partial charge in [0.2, 0.25) is 0 Å². The summed E-state index contributed by atoms with van der Waals surface area (Å²) in [7, 11) is 0. The molecule has 0 aromatic rings. The predicted molar refractivity (Wildman–Crippen MR) is 62.5 cm³/mol. The van der Waals surface area contributed by atoms with Crippen LogP contribution in [0.25, 0.3) is 0 Å².